The number of rotatable bonds is 4. The summed E-state index contributed by atoms with van der Waals surface area (Å²) in [6.45, 7) is 4.09. The zero-order chi connectivity index (χ0) is 15.8. The van der Waals surface area contributed by atoms with Gasteiger partial charge in [-0.25, -0.2) is 0 Å². The molecular weight excluding hydrogens is 304 g/mol. The summed E-state index contributed by atoms with van der Waals surface area (Å²) < 4.78 is 0. The van der Waals surface area contributed by atoms with Crippen LogP contribution in [-0.2, 0) is 11.2 Å². The third kappa shape index (κ3) is 3.34. The van der Waals surface area contributed by atoms with Crippen molar-refractivity contribution >= 4 is 17.2 Å². The molecule has 4 heteroatoms. The fourth-order valence-corrected chi connectivity index (χ4v) is 5.62. The van der Waals surface area contributed by atoms with Gasteiger partial charge in [0.05, 0.1) is 6.54 Å². The molecular formula is C19H29N2OS+. The Morgan fingerprint density at radius 1 is 1.30 bits per heavy atom. The molecule has 0 spiro atoms. The van der Waals surface area contributed by atoms with Crippen LogP contribution in [-0.4, -0.2) is 25.0 Å². The molecule has 3 nitrogen and oxygen atoms in total. The van der Waals surface area contributed by atoms with Crippen LogP contribution in [0.4, 0.5) is 0 Å². The van der Waals surface area contributed by atoms with E-state index in [4.69, 9.17) is 0 Å². The normalized spacial score (nSPS) is 34.0. The highest BCUT2D eigenvalue weighted by molar-refractivity contribution is 7.10. The van der Waals surface area contributed by atoms with Crippen LogP contribution in [0, 0.1) is 11.8 Å². The zero-order valence-corrected chi connectivity index (χ0v) is 15.0. The number of quaternary nitrogens is 1. The van der Waals surface area contributed by atoms with Gasteiger partial charge in [0.25, 0.3) is 5.91 Å². The zero-order valence-electron chi connectivity index (χ0n) is 14.1. The summed E-state index contributed by atoms with van der Waals surface area (Å²) >= 11 is 1.91. The standard InChI is InChI=1S/C19H28N2OS/c1-13-4-2-3-5-16(13)20-18(22)12-21-10-8-17-15(9-11-23-17)19(21)14-6-7-14/h9,11,13-14,16,19H,2-8,10,12H2,1H3,(H,20,22)/p+1/t13-,16+,19+/m1/s1. The summed E-state index contributed by atoms with van der Waals surface area (Å²) in [6.07, 6.45) is 8.89. The van der Waals surface area contributed by atoms with Crippen LogP contribution in [0.25, 0.3) is 0 Å². The van der Waals surface area contributed by atoms with Gasteiger partial charge in [-0.15, -0.1) is 11.3 Å². The second-order valence-corrected chi connectivity index (χ2v) is 8.89. The van der Waals surface area contributed by atoms with Crippen molar-refractivity contribution in [3.8, 4) is 0 Å². The molecule has 2 aliphatic carbocycles. The summed E-state index contributed by atoms with van der Waals surface area (Å²) in [5.41, 5.74) is 1.55. The lowest BCUT2D eigenvalue weighted by Gasteiger charge is -2.34. The van der Waals surface area contributed by atoms with Gasteiger partial charge < -0.3 is 10.2 Å². The number of fused-ring (bicyclic) bond motifs is 1. The van der Waals surface area contributed by atoms with E-state index in [9.17, 15) is 4.79 Å². The molecule has 0 saturated heterocycles. The smallest absolute Gasteiger partial charge is 0.275 e. The van der Waals surface area contributed by atoms with E-state index in [1.807, 2.05) is 11.3 Å². The Balaban J connectivity index is 1.40. The van der Waals surface area contributed by atoms with E-state index in [1.165, 1.54) is 43.4 Å². The van der Waals surface area contributed by atoms with Crippen LogP contribution in [0.3, 0.4) is 0 Å². The van der Waals surface area contributed by atoms with Crippen molar-refractivity contribution in [1.82, 2.24) is 5.32 Å². The average Bonchev–Trinajstić information content (AvgIpc) is 3.26. The molecule has 126 valence electrons. The van der Waals surface area contributed by atoms with E-state index in [0.29, 0.717) is 24.5 Å². The fourth-order valence-electron chi connectivity index (χ4n) is 4.69. The topological polar surface area (TPSA) is 33.5 Å². The Kier molecular flexibility index (Phi) is 4.46. The summed E-state index contributed by atoms with van der Waals surface area (Å²) in [5, 5.41) is 5.60. The molecule has 1 aliphatic heterocycles. The minimum absolute atomic E-state index is 0.281. The maximum Gasteiger partial charge on any atom is 0.275 e. The van der Waals surface area contributed by atoms with Gasteiger partial charge in [-0.3, -0.25) is 4.79 Å². The predicted molar refractivity (Wildman–Crippen MR) is 93.7 cm³/mol. The minimum Gasteiger partial charge on any atom is -0.348 e. The van der Waals surface area contributed by atoms with Gasteiger partial charge >= 0.3 is 0 Å². The molecule has 2 saturated carbocycles. The molecule has 2 heterocycles. The number of carbonyl (C=O) groups is 1. The van der Waals surface area contributed by atoms with E-state index < -0.39 is 0 Å². The van der Waals surface area contributed by atoms with Crippen LogP contribution < -0.4 is 10.2 Å². The van der Waals surface area contributed by atoms with Crippen molar-refractivity contribution in [3.05, 3.63) is 21.9 Å². The second-order valence-electron chi connectivity index (χ2n) is 7.88. The number of hydrogen-bond acceptors (Lipinski definition) is 2. The van der Waals surface area contributed by atoms with E-state index >= 15 is 0 Å². The largest absolute Gasteiger partial charge is 0.348 e. The predicted octanol–water partition coefficient (Wildman–Crippen LogP) is 2.34. The quantitative estimate of drug-likeness (QED) is 0.871. The van der Waals surface area contributed by atoms with Gasteiger partial charge in [0.2, 0.25) is 0 Å². The van der Waals surface area contributed by atoms with E-state index in [2.05, 4.69) is 23.7 Å². The summed E-state index contributed by atoms with van der Waals surface area (Å²) in [6, 6.07) is 3.32. The summed E-state index contributed by atoms with van der Waals surface area (Å²) in [4.78, 5) is 15.7. The highest BCUT2D eigenvalue weighted by Crippen LogP contribution is 2.42. The van der Waals surface area contributed by atoms with E-state index in [0.717, 1.165) is 18.9 Å². The van der Waals surface area contributed by atoms with E-state index in [1.54, 1.807) is 10.4 Å². The number of thiophene rings is 1. The summed E-state index contributed by atoms with van der Waals surface area (Å²) in [7, 11) is 0. The van der Waals surface area contributed by atoms with Crippen LogP contribution in [0.15, 0.2) is 11.4 Å². The number of amides is 1. The van der Waals surface area contributed by atoms with E-state index in [-0.39, 0.29) is 5.91 Å². The first-order valence-corrected chi connectivity index (χ1v) is 10.3. The molecule has 2 fully saturated rings. The van der Waals surface area contributed by atoms with Gasteiger partial charge in [0.15, 0.2) is 6.54 Å². The van der Waals surface area contributed by atoms with Gasteiger partial charge in [-0.1, -0.05) is 19.8 Å². The Hall–Kier alpha value is -0.870. The fraction of sp³-hybridized carbons (Fsp3) is 0.737. The van der Waals surface area contributed by atoms with Crippen molar-refractivity contribution in [1.29, 1.82) is 0 Å². The van der Waals surface area contributed by atoms with Crippen LogP contribution >= 0.6 is 11.3 Å². The molecule has 23 heavy (non-hydrogen) atoms. The first-order valence-electron chi connectivity index (χ1n) is 9.42. The Morgan fingerprint density at radius 2 is 2.13 bits per heavy atom. The lowest BCUT2D eigenvalue weighted by atomic mass is 9.86. The molecule has 1 amide bonds. The van der Waals surface area contributed by atoms with Crippen molar-refractivity contribution in [2.45, 2.75) is 64.0 Å². The highest BCUT2D eigenvalue weighted by Gasteiger charge is 2.43. The summed E-state index contributed by atoms with van der Waals surface area (Å²) in [5.74, 6) is 1.75. The lowest BCUT2D eigenvalue weighted by Crippen LogP contribution is -3.14. The Labute approximate surface area is 143 Å². The monoisotopic (exact) mass is 333 g/mol. The second kappa shape index (κ2) is 6.56. The molecule has 3 aliphatic rings. The molecule has 0 aromatic carbocycles. The Bertz CT molecular complexity index is 565. The first kappa shape index (κ1) is 15.6. The van der Waals surface area contributed by atoms with Gasteiger partial charge in [-0.2, -0.15) is 0 Å². The van der Waals surface area contributed by atoms with Gasteiger partial charge in [0, 0.05) is 28.8 Å². The SMILES string of the molecule is C[C@@H]1CCCC[C@@H]1NC(=O)C[NH+]1CCc2sccc2[C@@H]1C1CC1. The molecule has 0 bridgehead atoms. The molecule has 0 radical (unpaired) electrons. The molecule has 1 unspecified atom stereocenters. The number of nitrogens with one attached hydrogen (secondary N) is 2. The first-order chi connectivity index (χ1) is 11.2. The lowest BCUT2D eigenvalue weighted by molar-refractivity contribution is -0.928. The molecule has 4 atom stereocenters. The van der Waals surface area contributed by atoms with Gasteiger partial charge in [0.1, 0.15) is 6.04 Å². The maximum absolute atomic E-state index is 12.6. The molecule has 1 aromatic heterocycles. The Morgan fingerprint density at radius 3 is 2.91 bits per heavy atom. The van der Waals surface area contributed by atoms with Crippen molar-refractivity contribution < 1.29 is 9.69 Å². The minimum atomic E-state index is 0.281. The van der Waals surface area contributed by atoms with Crippen molar-refractivity contribution in [2.75, 3.05) is 13.1 Å². The number of carbonyl (C=O) groups excluding carboxylic acids is 1. The molecule has 1 aromatic rings. The van der Waals surface area contributed by atoms with Crippen LogP contribution in [0.1, 0.15) is 61.9 Å². The molecule has 2 N–H and O–H groups in total. The van der Waals surface area contributed by atoms with Crippen LogP contribution in [0.2, 0.25) is 0 Å². The number of hydrogen-bond donors (Lipinski definition) is 2. The van der Waals surface area contributed by atoms with Crippen LogP contribution in [0.5, 0.6) is 0 Å². The maximum atomic E-state index is 12.6. The molecule has 4 rings (SSSR count). The van der Waals surface area contributed by atoms with Crippen molar-refractivity contribution in [3.63, 3.8) is 0 Å². The highest BCUT2D eigenvalue weighted by atomic mass is 32.1. The third-order valence-electron chi connectivity index (χ3n) is 6.17. The third-order valence-corrected chi connectivity index (χ3v) is 7.16. The average molecular weight is 334 g/mol. The van der Waals surface area contributed by atoms with Gasteiger partial charge in [-0.05, 0) is 43.0 Å². The van der Waals surface area contributed by atoms with Crippen molar-refractivity contribution in [2.24, 2.45) is 11.8 Å².